The third-order valence-electron chi connectivity index (χ3n) is 3.50. The lowest BCUT2D eigenvalue weighted by atomic mass is 10.1. The molecule has 1 amide bonds. The van der Waals surface area contributed by atoms with E-state index in [0.717, 1.165) is 6.42 Å². The molecular weight excluding hydrogens is 277 g/mol. The van der Waals surface area contributed by atoms with Gasteiger partial charge in [0, 0.05) is 19.5 Å². The minimum Gasteiger partial charge on any atom is -0.493 e. The Morgan fingerprint density at radius 3 is 2.71 bits per heavy atom. The number of carbonyl (C=O) groups excluding carboxylic acids is 1. The number of aliphatic carboxylic acids is 1. The Bertz CT molecular complexity index is 503. The van der Waals surface area contributed by atoms with Crippen LogP contribution in [0.3, 0.4) is 0 Å². The molecule has 1 aliphatic rings. The van der Waals surface area contributed by atoms with Crippen molar-refractivity contribution in [2.24, 2.45) is 5.92 Å². The van der Waals surface area contributed by atoms with E-state index in [1.165, 1.54) is 24.3 Å². The standard InChI is InChI=1S/C15H18FNO4/c16-12-1-3-13(4-2-12)21-8-6-14(18)17-7-5-11(10-17)9-15(19)20/h1-4,11H,5-10H2,(H,19,20). The van der Waals surface area contributed by atoms with Crippen LogP contribution in [-0.4, -0.2) is 41.6 Å². The zero-order valence-electron chi connectivity index (χ0n) is 11.6. The fourth-order valence-corrected chi connectivity index (χ4v) is 2.42. The Hall–Kier alpha value is -2.11. The number of nitrogens with zero attached hydrogens (tertiary/aromatic N) is 1. The molecule has 2 rings (SSSR count). The summed E-state index contributed by atoms with van der Waals surface area (Å²) >= 11 is 0. The van der Waals surface area contributed by atoms with Crippen molar-refractivity contribution >= 4 is 11.9 Å². The molecule has 1 aliphatic heterocycles. The second kappa shape index (κ2) is 7.06. The smallest absolute Gasteiger partial charge is 0.303 e. The molecule has 1 aromatic carbocycles. The molecule has 0 bridgehead atoms. The highest BCUT2D eigenvalue weighted by molar-refractivity contribution is 5.76. The highest BCUT2D eigenvalue weighted by Crippen LogP contribution is 2.20. The number of amides is 1. The first-order valence-corrected chi connectivity index (χ1v) is 6.92. The summed E-state index contributed by atoms with van der Waals surface area (Å²) in [5.74, 6) is -0.627. The van der Waals surface area contributed by atoms with Crippen LogP contribution in [0.4, 0.5) is 4.39 Å². The van der Waals surface area contributed by atoms with Crippen molar-refractivity contribution in [1.29, 1.82) is 0 Å². The zero-order valence-corrected chi connectivity index (χ0v) is 11.6. The molecule has 0 saturated carbocycles. The molecule has 1 atom stereocenters. The second-order valence-corrected chi connectivity index (χ2v) is 5.14. The maximum Gasteiger partial charge on any atom is 0.303 e. The van der Waals surface area contributed by atoms with E-state index in [2.05, 4.69) is 0 Å². The quantitative estimate of drug-likeness (QED) is 0.870. The number of carboxylic acids is 1. The van der Waals surface area contributed by atoms with Gasteiger partial charge in [-0.3, -0.25) is 9.59 Å². The van der Waals surface area contributed by atoms with Crippen molar-refractivity contribution in [1.82, 2.24) is 4.90 Å². The summed E-state index contributed by atoms with van der Waals surface area (Å²) in [7, 11) is 0. The Balaban J connectivity index is 1.70. The van der Waals surface area contributed by atoms with E-state index in [9.17, 15) is 14.0 Å². The van der Waals surface area contributed by atoms with Crippen LogP contribution in [0.1, 0.15) is 19.3 Å². The number of ether oxygens (including phenoxy) is 1. The molecule has 1 saturated heterocycles. The van der Waals surface area contributed by atoms with E-state index in [4.69, 9.17) is 9.84 Å². The molecule has 1 unspecified atom stereocenters. The van der Waals surface area contributed by atoms with Gasteiger partial charge in [-0.15, -0.1) is 0 Å². The Morgan fingerprint density at radius 1 is 1.33 bits per heavy atom. The number of likely N-dealkylation sites (tertiary alicyclic amines) is 1. The number of hydrogen-bond donors (Lipinski definition) is 1. The fraction of sp³-hybridized carbons (Fsp3) is 0.467. The molecule has 5 nitrogen and oxygen atoms in total. The molecule has 0 spiro atoms. The molecule has 1 aromatic rings. The lowest BCUT2D eigenvalue weighted by molar-refractivity contribution is -0.138. The molecule has 114 valence electrons. The summed E-state index contributed by atoms with van der Waals surface area (Å²) in [6.07, 6.45) is 1.07. The molecule has 0 aliphatic carbocycles. The predicted octanol–water partition coefficient (Wildman–Crippen LogP) is 1.92. The van der Waals surface area contributed by atoms with Crippen LogP contribution in [0, 0.1) is 11.7 Å². The highest BCUT2D eigenvalue weighted by atomic mass is 19.1. The molecule has 1 fully saturated rings. The van der Waals surface area contributed by atoms with Crippen LogP contribution >= 0.6 is 0 Å². The van der Waals surface area contributed by atoms with Gasteiger partial charge in [0.2, 0.25) is 5.91 Å². The summed E-state index contributed by atoms with van der Waals surface area (Å²) in [5.41, 5.74) is 0. The Kier molecular flexibility index (Phi) is 5.14. The maximum atomic E-state index is 12.7. The van der Waals surface area contributed by atoms with Crippen LogP contribution in [0.5, 0.6) is 5.75 Å². The van der Waals surface area contributed by atoms with Gasteiger partial charge >= 0.3 is 5.97 Å². The molecular formula is C15H18FNO4. The largest absolute Gasteiger partial charge is 0.493 e. The number of rotatable bonds is 6. The van der Waals surface area contributed by atoms with Crippen molar-refractivity contribution in [3.05, 3.63) is 30.1 Å². The van der Waals surface area contributed by atoms with Gasteiger partial charge in [-0.1, -0.05) is 0 Å². The second-order valence-electron chi connectivity index (χ2n) is 5.14. The topological polar surface area (TPSA) is 66.8 Å². The lowest BCUT2D eigenvalue weighted by Gasteiger charge is -2.16. The summed E-state index contributed by atoms with van der Waals surface area (Å²) in [6, 6.07) is 5.62. The minimum atomic E-state index is -0.825. The number of benzene rings is 1. The first-order valence-electron chi connectivity index (χ1n) is 6.92. The molecule has 6 heteroatoms. The maximum absolute atomic E-state index is 12.7. The van der Waals surface area contributed by atoms with Crippen molar-refractivity contribution in [2.75, 3.05) is 19.7 Å². The zero-order chi connectivity index (χ0) is 15.2. The van der Waals surface area contributed by atoms with E-state index in [1.807, 2.05) is 0 Å². The van der Waals surface area contributed by atoms with Gasteiger partial charge in [0.15, 0.2) is 0 Å². The van der Waals surface area contributed by atoms with Gasteiger partial charge in [-0.2, -0.15) is 0 Å². The molecule has 1 heterocycles. The predicted molar refractivity (Wildman–Crippen MR) is 73.5 cm³/mol. The highest BCUT2D eigenvalue weighted by Gasteiger charge is 2.27. The lowest BCUT2D eigenvalue weighted by Crippen LogP contribution is -2.30. The minimum absolute atomic E-state index is 0.0370. The van der Waals surface area contributed by atoms with E-state index in [0.29, 0.717) is 18.8 Å². The Labute approximate surface area is 122 Å². The van der Waals surface area contributed by atoms with E-state index >= 15 is 0 Å². The number of carbonyl (C=O) groups is 2. The normalized spacial score (nSPS) is 17.8. The van der Waals surface area contributed by atoms with Crippen molar-refractivity contribution in [3.63, 3.8) is 0 Å². The van der Waals surface area contributed by atoms with Gasteiger partial charge < -0.3 is 14.7 Å². The van der Waals surface area contributed by atoms with E-state index < -0.39 is 5.97 Å². The van der Waals surface area contributed by atoms with Gasteiger partial charge in [0.1, 0.15) is 11.6 Å². The van der Waals surface area contributed by atoms with E-state index in [1.54, 1.807) is 4.90 Å². The van der Waals surface area contributed by atoms with Crippen molar-refractivity contribution in [3.8, 4) is 5.75 Å². The van der Waals surface area contributed by atoms with Gasteiger partial charge in [-0.05, 0) is 36.6 Å². The molecule has 1 N–H and O–H groups in total. The van der Waals surface area contributed by atoms with Gasteiger partial charge in [0.25, 0.3) is 0 Å². The number of carboxylic acid groups (broad SMARTS) is 1. The molecule has 0 aromatic heterocycles. The Morgan fingerprint density at radius 2 is 2.05 bits per heavy atom. The van der Waals surface area contributed by atoms with Crippen molar-refractivity contribution in [2.45, 2.75) is 19.3 Å². The van der Waals surface area contributed by atoms with Gasteiger partial charge in [-0.25, -0.2) is 4.39 Å². The van der Waals surface area contributed by atoms with E-state index in [-0.39, 0.29) is 37.1 Å². The summed E-state index contributed by atoms with van der Waals surface area (Å²) in [4.78, 5) is 24.3. The SMILES string of the molecule is O=C(O)CC1CCN(C(=O)CCOc2ccc(F)cc2)C1. The summed E-state index contributed by atoms with van der Waals surface area (Å²) < 4.78 is 18.1. The van der Waals surface area contributed by atoms with Crippen LogP contribution in [-0.2, 0) is 9.59 Å². The van der Waals surface area contributed by atoms with Crippen LogP contribution in [0.2, 0.25) is 0 Å². The average molecular weight is 295 g/mol. The molecule has 21 heavy (non-hydrogen) atoms. The third kappa shape index (κ3) is 4.73. The molecule has 0 radical (unpaired) electrons. The van der Waals surface area contributed by atoms with Crippen LogP contribution in [0.25, 0.3) is 0 Å². The average Bonchev–Trinajstić information content (AvgIpc) is 2.88. The summed E-state index contributed by atoms with van der Waals surface area (Å²) in [5, 5.41) is 8.74. The fourth-order valence-electron chi connectivity index (χ4n) is 2.42. The number of halogens is 1. The third-order valence-corrected chi connectivity index (χ3v) is 3.50. The van der Waals surface area contributed by atoms with Crippen LogP contribution < -0.4 is 4.74 Å². The monoisotopic (exact) mass is 295 g/mol. The summed E-state index contributed by atoms with van der Waals surface area (Å²) in [6.45, 7) is 1.33. The van der Waals surface area contributed by atoms with Crippen molar-refractivity contribution < 1.29 is 23.8 Å². The van der Waals surface area contributed by atoms with Crippen LogP contribution in [0.15, 0.2) is 24.3 Å². The van der Waals surface area contributed by atoms with Gasteiger partial charge in [0.05, 0.1) is 13.0 Å². The number of hydrogen-bond acceptors (Lipinski definition) is 3. The first kappa shape index (κ1) is 15.3. The first-order chi connectivity index (χ1) is 10.0.